The van der Waals surface area contributed by atoms with Crippen LogP contribution < -0.4 is 5.32 Å². The molecule has 1 atom stereocenters. The van der Waals surface area contributed by atoms with Crippen LogP contribution in [0.2, 0.25) is 0 Å². The van der Waals surface area contributed by atoms with Crippen molar-refractivity contribution in [3.8, 4) is 11.3 Å². The SMILES string of the molecule is CCC(COC)n1cncc1-c1cccc2c1NCCC2. The lowest BCUT2D eigenvalue weighted by molar-refractivity contribution is 0.153. The van der Waals surface area contributed by atoms with Crippen LogP contribution >= 0.6 is 0 Å². The average Bonchev–Trinajstić information content (AvgIpc) is 3.01. The first-order valence-electron chi connectivity index (χ1n) is 7.72. The highest BCUT2D eigenvalue weighted by atomic mass is 16.5. The van der Waals surface area contributed by atoms with Crippen LogP contribution in [0.15, 0.2) is 30.7 Å². The lowest BCUT2D eigenvalue weighted by atomic mass is 9.98. The predicted octanol–water partition coefficient (Wildman–Crippen LogP) is 3.51. The van der Waals surface area contributed by atoms with Gasteiger partial charge in [-0.1, -0.05) is 25.1 Å². The Kier molecular flexibility index (Phi) is 4.25. The molecule has 0 aliphatic carbocycles. The summed E-state index contributed by atoms with van der Waals surface area (Å²) in [6.07, 6.45) is 7.27. The number of nitrogens with zero attached hydrogens (tertiary/aromatic N) is 2. The maximum absolute atomic E-state index is 5.36. The van der Waals surface area contributed by atoms with E-state index in [0.29, 0.717) is 12.6 Å². The van der Waals surface area contributed by atoms with Crippen molar-refractivity contribution >= 4 is 5.69 Å². The fraction of sp³-hybridized carbons (Fsp3) is 0.471. The number of aryl methyl sites for hydroxylation is 1. The van der Waals surface area contributed by atoms with E-state index in [1.165, 1.54) is 28.9 Å². The van der Waals surface area contributed by atoms with E-state index >= 15 is 0 Å². The Hall–Kier alpha value is -1.81. The van der Waals surface area contributed by atoms with Gasteiger partial charge in [0.2, 0.25) is 0 Å². The number of para-hydroxylation sites is 1. The molecule has 3 rings (SSSR count). The van der Waals surface area contributed by atoms with Crippen molar-refractivity contribution < 1.29 is 4.74 Å². The number of hydrogen-bond acceptors (Lipinski definition) is 3. The second-order valence-corrected chi connectivity index (χ2v) is 5.57. The largest absolute Gasteiger partial charge is 0.384 e. The molecule has 4 nitrogen and oxygen atoms in total. The van der Waals surface area contributed by atoms with E-state index in [4.69, 9.17) is 4.74 Å². The quantitative estimate of drug-likeness (QED) is 0.913. The Bertz CT molecular complexity index is 606. The van der Waals surface area contributed by atoms with Gasteiger partial charge in [-0.2, -0.15) is 0 Å². The van der Waals surface area contributed by atoms with Crippen LogP contribution in [0, 0.1) is 0 Å². The molecule has 1 aliphatic heterocycles. The van der Waals surface area contributed by atoms with E-state index in [0.717, 1.165) is 19.4 Å². The summed E-state index contributed by atoms with van der Waals surface area (Å²) in [7, 11) is 1.76. The molecule has 1 aliphatic rings. The number of aromatic nitrogens is 2. The summed E-state index contributed by atoms with van der Waals surface area (Å²) >= 11 is 0. The molecule has 1 aromatic heterocycles. The van der Waals surface area contributed by atoms with Crippen LogP contribution in [0.3, 0.4) is 0 Å². The maximum Gasteiger partial charge on any atom is 0.0954 e. The topological polar surface area (TPSA) is 39.1 Å². The molecule has 4 heteroatoms. The van der Waals surface area contributed by atoms with Crippen molar-refractivity contribution in [2.75, 3.05) is 25.6 Å². The van der Waals surface area contributed by atoms with Gasteiger partial charge in [0.05, 0.1) is 30.9 Å². The van der Waals surface area contributed by atoms with Gasteiger partial charge in [-0.25, -0.2) is 4.98 Å². The molecule has 0 amide bonds. The van der Waals surface area contributed by atoms with Gasteiger partial charge in [-0.05, 0) is 24.8 Å². The minimum absolute atomic E-state index is 0.326. The van der Waals surface area contributed by atoms with Crippen LogP contribution in [0.4, 0.5) is 5.69 Å². The van der Waals surface area contributed by atoms with Gasteiger partial charge in [-0.15, -0.1) is 0 Å². The van der Waals surface area contributed by atoms with Gasteiger partial charge in [0.25, 0.3) is 0 Å². The first kappa shape index (κ1) is 14.1. The molecular weight excluding hydrogens is 262 g/mol. The summed E-state index contributed by atoms with van der Waals surface area (Å²) in [5, 5.41) is 3.56. The standard InChI is InChI=1S/C17H23N3O/c1-3-14(11-21-2)20-12-18-10-16(20)15-8-4-6-13-7-5-9-19-17(13)15/h4,6,8,10,12,14,19H,3,5,7,9,11H2,1-2H3. The molecular formula is C17H23N3O. The van der Waals surface area contributed by atoms with Crippen LogP contribution in [-0.2, 0) is 11.2 Å². The Morgan fingerprint density at radius 1 is 1.43 bits per heavy atom. The second-order valence-electron chi connectivity index (χ2n) is 5.57. The van der Waals surface area contributed by atoms with Crippen molar-refractivity contribution in [3.63, 3.8) is 0 Å². The summed E-state index contributed by atoms with van der Waals surface area (Å²) < 4.78 is 7.60. The highest BCUT2D eigenvalue weighted by Crippen LogP contribution is 2.35. The maximum atomic E-state index is 5.36. The van der Waals surface area contributed by atoms with Crippen molar-refractivity contribution in [1.82, 2.24) is 9.55 Å². The van der Waals surface area contributed by atoms with Crippen LogP contribution in [-0.4, -0.2) is 29.8 Å². The van der Waals surface area contributed by atoms with Crippen molar-refractivity contribution in [2.45, 2.75) is 32.2 Å². The van der Waals surface area contributed by atoms with Crippen LogP contribution in [0.25, 0.3) is 11.3 Å². The van der Waals surface area contributed by atoms with Crippen molar-refractivity contribution in [2.24, 2.45) is 0 Å². The van der Waals surface area contributed by atoms with Gasteiger partial charge < -0.3 is 14.6 Å². The predicted molar refractivity (Wildman–Crippen MR) is 85.7 cm³/mol. The molecule has 1 N–H and O–H groups in total. The number of fused-ring (bicyclic) bond motifs is 1. The van der Waals surface area contributed by atoms with E-state index in [1.807, 2.05) is 12.5 Å². The second kappa shape index (κ2) is 6.31. The number of methoxy groups -OCH3 is 1. The zero-order valence-electron chi connectivity index (χ0n) is 12.8. The Balaban J connectivity index is 2.04. The smallest absolute Gasteiger partial charge is 0.0954 e. The molecule has 2 heterocycles. The Morgan fingerprint density at radius 2 is 2.33 bits per heavy atom. The van der Waals surface area contributed by atoms with Gasteiger partial charge in [0, 0.05) is 24.9 Å². The van der Waals surface area contributed by atoms with Crippen molar-refractivity contribution in [3.05, 3.63) is 36.3 Å². The molecule has 1 aromatic carbocycles. The molecule has 112 valence electrons. The summed E-state index contributed by atoms with van der Waals surface area (Å²) in [4.78, 5) is 4.38. The third-order valence-electron chi connectivity index (χ3n) is 4.24. The third-order valence-corrected chi connectivity index (χ3v) is 4.24. The molecule has 2 aromatic rings. The molecule has 21 heavy (non-hydrogen) atoms. The summed E-state index contributed by atoms with van der Waals surface area (Å²) in [6, 6.07) is 6.88. The number of nitrogens with one attached hydrogen (secondary N) is 1. The van der Waals surface area contributed by atoms with E-state index in [2.05, 4.69) is 40.0 Å². The summed E-state index contributed by atoms with van der Waals surface area (Å²) in [5.74, 6) is 0. The molecule has 0 spiro atoms. The first-order chi connectivity index (χ1) is 10.3. The molecule has 0 saturated heterocycles. The number of anilines is 1. The lowest BCUT2D eigenvalue weighted by Gasteiger charge is -2.24. The molecule has 0 radical (unpaired) electrons. The minimum atomic E-state index is 0.326. The number of benzene rings is 1. The van der Waals surface area contributed by atoms with E-state index in [1.54, 1.807) is 7.11 Å². The molecule has 0 saturated carbocycles. The number of rotatable bonds is 5. The fourth-order valence-electron chi connectivity index (χ4n) is 3.11. The highest BCUT2D eigenvalue weighted by molar-refractivity contribution is 5.79. The van der Waals surface area contributed by atoms with Gasteiger partial charge in [0.1, 0.15) is 0 Å². The average molecular weight is 285 g/mol. The Morgan fingerprint density at radius 3 is 3.14 bits per heavy atom. The highest BCUT2D eigenvalue weighted by Gasteiger charge is 2.19. The van der Waals surface area contributed by atoms with Crippen LogP contribution in [0.1, 0.15) is 31.4 Å². The molecule has 1 unspecified atom stereocenters. The molecule has 0 fully saturated rings. The zero-order chi connectivity index (χ0) is 14.7. The first-order valence-corrected chi connectivity index (χ1v) is 7.72. The molecule has 0 bridgehead atoms. The minimum Gasteiger partial charge on any atom is -0.384 e. The zero-order valence-corrected chi connectivity index (χ0v) is 12.8. The normalized spacial score (nSPS) is 15.3. The van der Waals surface area contributed by atoms with Crippen molar-refractivity contribution in [1.29, 1.82) is 0 Å². The number of hydrogen-bond donors (Lipinski definition) is 1. The van der Waals surface area contributed by atoms with Gasteiger partial charge >= 0.3 is 0 Å². The lowest BCUT2D eigenvalue weighted by Crippen LogP contribution is -2.16. The van der Waals surface area contributed by atoms with Gasteiger partial charge in [0.15, 0.2) is 0 Å². The van der Waals surface area contributed by atoms with E-state index in [-0.39, 0.29) is 0 Å². The summed E-state index contributed by atoms with van der Waals surface area (Å²) in [5.41, 5.74) is 5.11. The van der Waals surface area contributed by atoms with Gasteiger partial charge in [-0.3, -0.25) is 0 Å². The van der Waals surface area contributed by atoms with E-state index < -0.39 is 0 Å². The monoisotopic (exact) mass is 285 g/mol. The fourth-order valence-corrected chi connectivity index (χ4v) is 3.11. The number of ether oxygens (including phenoxy) is 1. The number of imidazole rings is 1. The summed E-state index contributed by atoms with van der Waals surface area (Å²) in [6.45, 7) is 3.95. The van der Waals surface area contributed by atoms with Crippen LogP contribution in [0.5, 0.6) is 0 Å². The Labute approximate surface area is 126 Å². The third kappa shape index (κ3) is 2.68. The van der Waals surface area contributed by atoms with E-state index in [9.17, 15) is 0 Å².